The number of benzene rings is 4. The van der Waals surface area contributed by atoms with Gasteiger partial charge in [-0.2, -0.15) is 4.98 Å². The molecule has 27 heavy (non-hydrogen) atoms. The van der Waals surface area contributed by atoms with Crippen molar-refractivity contribution in [3.8, 4) is 17.4 Å². The number of rotatable bonds is 3. The Kier molecular flexibility index (Phi) is 3.65. The Morgan fingerprint density at radius 1 is 0.741 bits per heavy atom. The van der Waals surface area contributed by atoms with Crippen molar-refractivity contribution in [2.45, 2.75) is 6.92 Å². The van der Waals surface area contributed by atoms with E-state index in [9.17, 15) is 0 Å². The van der Waals surface area contributed by atoms with E-state index in [1.165, 1.54) is 10.9 Å². The lowest BCUT2D eigenvalue weighted by Crippen LogP contribution is -1.98. The summed E-state index contributed by atoms with van der Waals surface area (Å²) < 4.78 is 8.32. The number of aryl methyl sites for hydroxylation is 1. The van der Waals surface area contributed by atoms with Crippen LogP contribution < -0.4 is 4.74 Å². The Morgan fingerprint density at radius 3 is 2.37 bits per heavy atom. The lowest BCUT2D eigenvalue weighted by atomic mass is 10.1. The van der Waals surface area contributed by atoms with Gasteiger partial charge < -0.3 is 4.74 Å². The van der Waals surface area contributed by atoms with Gasteiger partial charge in [-0.25, -0.2) is 0 Å². The summed E-state index contributed by atoms with van der Waals surface area (Å²) in [5, 5.41) is 2.34. The molecule has 0 bridgehead atoms. The third-order valence-corrected chi connectivity index (χ3v) is 4.72. The average Bonchev–Trinajstić information content (AvgIpc) is 3.05. The van der Waals surface area contributed by atoms with E-state index >= 15 is 0 Å². The van der Waals surface area contributed by atoms with E-state index in [0.29, 0.717) is 6.01 Å². The zero-order chi connectivity index (χ0) is 18.2. The lowest BCUT2D eigenvalue weighted by Gasteiger charge is -2.10. The van der Waals surface area contributed by atoms with Crippen LogP contribution >= 0.6 is 0 Å². The SMILES string of the molecule is Cc1ccc2nc(Oc3ccc4ccccc4c3)n(-c3ccccc3)c2c1. The third-order valence-electron chi connectivity index (χ3n) is 4.72. The zero-order valence-electron chi connectivity index (χ0n) is 15.0. The van der Waals surface area contributed by atoms with Gasteiger partial charge in [0.15, 0.2) is 0 Å². The summed E-state index contributed by atoms with van der Waals surface area (Å²) in [7, 11) is 0. The maximum Gasteiger partial charge on any atom is 0.307 e. The van der Waals surface area contributed by atoms with Crippen LogP contribution in [0.3, 0.4) is 0 Å². The highest BCUT2D eigenvalue weighted by molar-refractivity contribution is 5.84. The summed E-state index contributed by atoms with van der Waals surface area (Å²) in [4.78, 5) is 4.75. The molecule has 0 saturated heterocycles. The number of hydrogen-bond acceptors (Lipinski definition) is 2. The minimum Gasteiger partial charge on any atom is -0.425 e. The van der Waals surface area contributed by atoms with Crippen molar-refractivity contribution >= 4 is 21.8 Å². The van der Waals surface area contributed by atoms with Crippen LogP contribution in [0.2, 0.25) is 0 Å². The summed E-state index contributed by atoms with van der Waals surface area (Å²) in [6, 6.07) is 31.4. The summed E-state index contributed by atoms with van der Waals surface area (Å²) >= 11 is 0. The molecule has 0 spiro atoms. The van der Waals surface area contributed by atoms with Crippen LogP contribution in [0.5, 0.6) is 11.8 Å². The first-order chi connectivity index (χ1) is 13.3. The Bertz CT molecular complexity index is 1260. The number of imidazole rings is 1. The first kappa shape index (κ1) is 15.6. The van der Waals surface area contributed by atoms with Crippen LogP contribution in [0.4, 0.5) is 0 Å². The molecule has 0 N–H and O–H groups in total. The van der Waals surface area contributed by atoms with E-state index in [4.69, 9.17) is 9.72 Å². The number of aromatic nitrogens is 2. The van der Waals surface area contributed by atoms with Gasteiger partial charge in [0.25, 0.3) is 0 Å². The summed E-state index contributed by atoms with van der Waals surface area (Å²) in [5.41, 5.74) is 4.18. The van der Waals surface area contributed by atoms with Crippen LogP contribution in [0.15, 0.2) is 91.0 Å². The molecule has 0 fully saturated rings. The van der Waals surface area contributed by atoms with Crippen LogP contribution in [0, 0.1) is 6.92 Å². The van der Waals surface area contributed by atoms with E-state index in [2.05, 4.69) is 60.0 Å². The van der Waals surface area contributed by atoms with Gasteiger partial charge in [-0.3, -0.25) is 4.57 Å². The fraction of sp³-hybridized carbons (Fsp3) is 0.0417. The molecule has 0 saturated carbocycles. The molecule has 5 aromatic rings. The van der Waals surface area contributed by atoms with Crippen molar-refractivity contribution < 1.29 is 4.74 Å². The van der Waals surface area contributed by atoms with Gasteiger partial charge in [-0.1, -0.05) is 54.6 Å². The van der Waals surface area contributed by atoms with Gasteiger partial charge in [-0.05, 0) is 59.7 Å². The number of ether oxygens (including phenoxy) is 1. The topological polar surface area (TPSA) is 27.1 Å². The maximum atomic E-state index is 6.25. The summed E-state index contributed by atoms with van der Waals surface area (Å²) in [6.07, 6.45) is 0. The second-order valence-corrected chi connectivity index (χ2v) is 6.67. The van der Waals surface area contributed by atoms with Crippen LogP contribution in [-0.2, 0) is 0 Å². The minimum atomic E-state index is 0.567. The number of nitrogens with zero attached hydrogens (tertiary/aromatic N) is 2. The normalized spacial score (nSPS) is 11.1. The van der Waals surface area contributed by atoms with E-state index in [1.807, 2.05) is 42.5 Å². The second kappa shape index (κ2) is 6.29. The standard InChI is InChI=1S/C24H18N2O/c1-17-11-14-22-23(15-17)26(20-9-3-2-4-10-20)24(25-22)27-21-13-12-18-7-5-6-8-19(18)16-21/h2-16H,1H3. The van der Waals surface area contributed by atoms with Crippen LogP contribution in [0.1, 0.15) is 5.56 Å². The molecule has 5 rings (SSSR count). The quantitative estimate of drug-likeness (QED) is 0.383. The molecule has 0 unspecified atom stereocenters. The number of hydrogen-bond donors (Lipinski definition) is 0. The fourth-order valence-corrected chi connectivity index (χ4v) is 3.39. The Balaban J connectivity index is 1.67. The van der Waals surface area contributed by atoms with Crippen LogP contribution in [-0.4, -0.2) is 9.55 Å². The molecular weight excluding hydrogens is 332 g/mol. The van der Waals surface area contributed by atoms with Crippen molar-refractivity contribution in [3.63, 3.8) is 0 Å². The van der Waals surface area contributed by atoms with Gasteiger partial charge in [0.05, 0.1) is 16.7 Å². The molecule has 0 aliphatic carbocycles. The highest BCUT2D eigenvalue weighted by Crippen LogP contribution is 2.31. The van der Waals surface area contributed by atoms with E-state index < -0.39 is 0 Å². The monoisotopic (exact) mass is 350 g/mol. The van der Waals surface area contributed by atoms with E-state index in [-0.39, 0.29) is 0 Å². The van der Waals surface area contributed by atoms with Gasteiger partial charge in [0, 0.05) is 0 Å². The molecule has 4 aromatic carbocycles. The van der Waals surface area contributed by atoms with Crippen molar-refractivity contribution in [1.29, 1.82) is 0 Å². The highest BCUT2D eigenvalue weighted by Gasteiger charge is 2.15. The van der Waals surface area contributed by atoms with Crippen molar-refractivity contribution in [2.24, 2.45) is 0 Å². The zero-order valence-corrected chi connectivity index (χ0v) is 15.0. The van der Waals surface area contributed by atoms with Gasteiger partial charge in [0.2, 0.25) is 0 Å². The predicted molar refractivity (Wildman–Crippen MR) is 110 cm³/mol. The minimum absolute atomic E-state index is 0.567. The smallest absolute Gasteiger partial charge is 0.307 e. The lowest BCUT2D eigenvalue weighted by molar-refractivity contribution is 0.437. The Morgan fingerprint density at radius 2 is 1.52 bits per heavy atom. The highest BCUT2D eigenvalue weighted by atomic mass is 16.5. The largest absolute Gasteiger partial charge is 0.425 e. The molecule has 0 amide bonds. The van der Waals surface area contributed by atoms with Gasteiger partial charge in [-0.15, -0.1) is 0 Å². The van der Waals surface area contributed by atoms with Crippen molar-refractivity contribution in [1.82, 2.24) is 9.55 Å². The molecule has 1 heterocycles. The van der Waals surface area contributed by atoms with Crippen LogP contribution in [0.25, 0.3) is 27.5 Å². The third kappa shape index (κ3) is 2.83. The molecule has 0 aliphatic rings. The molecular formula is C24H18N2O. The van der Waals surface area contributed by atoms with Gasteiger partial charge >= 0.3 is 6.01 Å². The number of para-hydroxylation sites is 1. The van der Waals surface area contributed by atoms with Crippen molar-refractivity contribution in [2.75, 3.05) is 0 Å². The predicted octanol–water partition coefficient (Wildman–Crippen LogP) is 6.28. The molecule has 1 aromatic heterocycles. The molecule has 0 atom stereocenters. The summed E-state index contributed by atoms with van der Waals surface area (Å²) in [5.74, 6) is 0.776. The molecule has 0 aliphatic heterocycles. The molecule has 130 valence electrons. The Hall–Kier alpha value is -3.59. The molecule has 3 nitrogen and oxygen atoms in total. The average molecular weight is 350 g/mol. The van der Waals surface area contributed by atoms with Gasteiger partial charge in [0.1, 0.15) is 5.75 Å². The molecule has 0 radical (unpaired) electrons. The van der Waals surface area contributed by atoms with Crippen molar-refractivity contribution in [3.05, 3.63) is 96.6 Å². The first-order valence-electron chi connectivity index (χ1n) is 8.99. The summed E-state index contributed by atoms with van der Waals surface area (Å²) in [6.45, 7) is 2.09. The van der Waals surface area contributed by atoms with E-state index in [1.54, 1.807) is 0 Å². The number of fused-ring (bicyclic) bond motifs is 2. The molecule has 3 heteroatoms. The second-order valence-electron chi connectivity index (χ2n) is 6.67. The Labute approximate surface area is 157 Å². The fourth-order valence-electron chi connectivity index (χ4n) is 3.39. The maximum absolute atomic E-state index is 6.25. The van der Waals surface area contributed by atoms with E-state index in [0.717, 1.165) is 27.9 Å². The first-order valence-corrected chi connectivity index (χ1v) is 8.99.